The third-order valence-corrected chi connectivity index (χ3v) is 14.1. The quantitative estimate of drug-likeness (QED) is 0.124. The molecule has 2 aliphatic carbocycles. The Labute approximate surface area is 320 Å². The van der Waals surface area contributed by atoms with Crippen molar-refractivity contribution in [3.63, 3.8) is 0 Å². The van der Waals surface area contributed by atoms with Gasteiger partial charge in [0.05, 0.1) is 34.7 Å². The van der Waals surface area contributed by atoms with Crippen LogP contribution in [0.25, 0.3) is 10.8 Å². The number of thiazole rings is 1. The predicted molar refractivity (Wildman–Crippen MR) is 206 cm³/mol. The van der Waals surface area contributed by atoms with Crippen LogP contribution in [0.3, 0.4) is 0 Å². The van der Waals surface area contributed by atoms with Crippen LogP contribution in [0.1, 0.15) is 40.1 Å². The Hall–Kier alpha value is -4.72. The highest BCUT2D eigenvalue weighted by atomic mass is 79.9. The summed E-state index contributed by atoms with van der Waals surface area (Å²) >= 11 is 6.41. The predicted octanol–water partition coefficient (Wildman–Crippen LogP) is 7.22. The smallest absolute Gasteiger partial charge is 0.338 e. The minimum Gasteiger partial charge on any atom is -0.483 e. The number of nitrogens with one attached hydrogen (secondary N) is 2. The molecule has 0 radical (unpaired) electrons. The van der Waals surface area contributed by atoms with Crippen LogP contribution < -0.4 is 19.8 Å². The van der Waals surface area contributed by atoms with Crippen LogP contribution >= 0.6 is 39.0 Å². The number of benzene rings is 4. The standard InChI is InChI=1S/C40H32BrN3O7S2/c1-2-50-39(48)20-8-12-24(13-9-20)44-37(46)32-26-17-27(33(32)38(44)47)34-31(26)30(35-36(52-34)43-40(49)53-35)25-16-22(41)10-14-28(25)51-18-29(45)42-23-11-7-19-5-3-4-6-21(19)15-23/h3-16,26-27,30-34H,2,17-18H2,1H3,(H,42,45)(H,43,49)/t26?,27?,30-,31?,32?,33?,34?/m1/s1. The Morgan fingerprint density at radius 1 is 0.925 bits per heavy atom. The Balaban J connectivity index is 1.01. The number of aromatic nitrogens is 1. The molecule has 3 heterocycles. The molecule has 53 heavy (non-hydrogen) atoms. The molecule has 10 nitrogen and oxygen atoms in total. The molecular weight excluding hydrogens is 778 g/mol. The van der Waals surface area contributed by atoms with E-state index in [0.717, 1.165) is 48.5 Å². The maximum atomic E-state index is 14.3. The summed E-state index contributed by atoms with van der Waals surface area (Å²) in [6.45, 7) is 1.74. The van der Waals surface area contributed by atoms with Crippen molar-refractivity contribution in [2.24, 2.45) is 29.6 Å². The summed E-state index contributed by atoms with van der Waals surface area (Å²) in [5, 5.41) is 5.77. The molecular formula is C40H32BrN3O7S2. The van der Waals surface area contributed by atoms with Crippen molar-refractivity contribution in [1.82, 2.24) is 4.98 Å². The topological polar surface area (TPSA) is 135 Å². The maximum Gasteiger partial charge on any atom is 0.338 e. The Morgan fingerprint density at radius 3 is 2.45 bits per heavy atom. The second kappa shape index (κ2) is 13.3. The number of rotatable bonds is 8. The molecule has 4 aliphatic rings. The number of nitrogens with zero attached hydrogens (tertiary/aromatic N) is 1. The normalized spacial score (nSPS) is 25.2. The van der Waals surface area contributed by atoms with Crippen LogP contribution in [0, 0.1) is 29.6 Å². The number of halogens is 1. The molecule has 6 unspecified atom stereocenters. The van der Waals surface area contributed by atoms with Crippen molar-refractivity contribution in [2.45, 2.75) is 29.5 Å². The van der Waals surface area contributed by atoms with Crippen molar-refractivity contribution >= 4 is 84.9 Å². The fourth-order valence-corrected chi connectivity index (χ4v) is 12.3. The lowest BCUT2D eigenvalue weighted by molar-refractivity contribution is -0.123. The second-order valence-electron chi connectivity index (χ2n) is 13.8. The minimum absolute atomic E-state index is 0.0325. The number of carbonyl (C=O) groups excluding carboxylic acids is 4. The van der Waals surface area contributed by atoms with E-state index >= 15 is 0 Å². The van der Waals surface area contributed by atoms with Crippen LogP contribution in [-0.4, -0.2) is 47.1 Å². The first-order valence-corrected chi connectivity index (χ1v) is 19.9. The molecule has 3 amide bonds. The summed E-state index contributed by atoms with van der Waals surface area (Å²) in [4.78, 5) is 71.7. The van der Waals surface area contributed by atoms with E-state index in [0.29, 0.717) is 22.7 Å². The van der Waals surface area contributed by atoms with Gasteiger partial charge >= 0.3 is 10.8 Å². The number of H-pyrrole nitrogens is 1. The summed E-state index contributed by atoms with van der Waals surface area (Å²) in [6, 6.07) is 25.7. The number of fused-ring (bicyclic) bond motifs is 10. The number of aromatic amines is 1. The van der Waals surface area contributed by atoms with Crippen LogP contribution in [-0.2, 0) is 19.1 Å². The first-order valence-electron chi connectivity index (χ1n) is 17.5. The van der Waals surface area contributed by atoms with Gasteiger partial charge in [-0.2, -0.15) is 0 Å². The number of carbonyl (C=O) groups is 4. The number of esters is 1. The van der Waals surface area contributed by atoms with Gasteiger partial charge in [0.1, 0.15) is 5.75 Å². The van der Waals surface area contributed by atoms with E-state index in [-0.39, 0.29) is 64.7 Å². The van der Waals surface area contributed by atoms with E-state index in [4.69, 9.17) is 9.47 Å². The van der Waals surface area contributed by atoms with Gasteiger partial charge < -0.3 is 19.8 Å². The highest BCUT2D eigenvalue weighted by Gasteiger charge is 2.70. The van der Waals surface area contributed by atoms with Gasteiger partial charge in [-0.05, 0) is 96.5 Å². The van der Waals surface area contributed by atoms with Gasteiger partial charge in [-0.3, -0.25) is 24.1 Å². The lowest BCUT2D eigenvalue weighted by Crippen LogP contribution is -2.42. The number of hydrogen-bond acceptors (Lipinski definition) is 9. The van der Waals surface area contributed by atoms with E-state index < -0.39 is 17.8 Å². The van der Waals surface area contributed by atoms with E-state index in [9.17, 15) is 24.0 Å². The van der Waals surface area contributed by atoms with Crippen molar-refractivity contribution in [1.29, 1.82) is 0 Å². The Morgan fingerprint density at radius 2 is 1.68 bits per heavy atom. The molecule has 2 saturated carbocycles. The largest absolute Gasteiger partial charge is 0.483 e. The van der Waals surface area contributed by atoms with E-state index in [1.807, 2.05) is 60.7 Å². The number of imide groups is 1. The molecule has 3 fully saturated rings. The van der Waals surface area contributed by atoms with Gasteiger partial charge in [-0.15, -0.1) is 11.8 Å². The summed E-state index contributed by atoms with van der Waals surface area (Å²) in [5.74, 6) is -2.30. The van der Waals surface area contributed by atoms with E-state index in [1.165, 1.54) is 4.90 Å². The van der Waals surface area contributed by atoms with Gasteiger partial charge in [0, 0.05) is 31.8 Å². The fourth-order valence-electron chi connectivity index (χ4n) is 9.08. The van der Waals surface area contributed by atoms with Crippen LogP contribution in [0.5, 0.6) is 5.75 Å². The number of anilines is 2. The summed E-state index contributed by atoms with van der Waals surface area (Å²) in [5.41, 5.74) is 2.26. The monoisotopic (exact) mass is 809 g/mol. The van der Waals surface area contributed by atoms with E-state index in [2.05, 4.69) is 26.2 Å². The SMILES string of the molecule is CCOC(=O)c1ccc(N2C(=O)C3C4CC(C3C2=O)C2C4Sc3[nH]c(=O)sc3[C@@H]2c2cc(Br)ccc2OCC(=O)Nc2ccc3ccccc3c2)cc1. The summed E-state index contributed by atoms with van der Waals surface area (Å²) < 4.78 is 12.2. The van der Waals surface area contributed by atoms with Crippen LogP contribution in [0.15, 0.2) is 99.2 Å². The van der Waals surface area contributed by atoms with Gasteiger partial charge in [0.25, 0.3) is 5.91 Å². The molecule has 2 N–H and O–H groups in total. The van der Waals surface area contributed by atoms with Crippen molar-refractivity contribution in [3.8, 4) is 5.75 Å². The molecule has 268 valence electrons. The number of ether oxygens (including phenoxy) is 2. The molecule has 5 aromatic rings. The van der Waals surface area contributed by atoms with Crippen molar-refractivity contribution in [2.75, 3.05) is 23.4 Å². The molecule has 0 spiro atoms. The highest BCUT2D eigenvalue weighted by Crippen LogP contribution is 2.69. The molecule has 2 bridgehead atoms. The van der Waals surface area contributed by atoms with Crippen LogP contribution in [0.4, 0.5) is 11.4 Å². The average Bonchev–Trinajstić information content (AvgIpc) is 3.90. The lowest BCUT2D eigenvalue weighted by Gasteiger charge is -2.43. The zero-order chi connectivity index (χ0) is 36.5. The zero-order valence-corrected chi connectivity index (χ0v) is 31.5. The summed E-state index contributed by atoms with van der Waals surface area (Å²) in [7, 11) is 0. The van der Waals surface area contributed by atoms with Gasteiger partial charge in [-0.25, -0.2) is 4.79 Å². The van der Waals surface area contributed by atoms with Gasteiger partial charge in [0.2, 0.25) is 11.8 Å². The molecule has 7 atom stereocenters. The first-order chi connectivity index (χ1) is 25.7. The minimum atomic E-state index is -0.511. The Bertz CT molecular complexity index is 2390. The molecule has 2 aliphatic heterocycles. The third-order valence-electron chi connectivity index (χ3n) is 11.1. The fraction of sp³-hybridized carbons (Fsp3) is 0.275. The number of hydrogen-bond donors (Lipinski definition) is 2. The van der Waals surface area contributed by atoms with Crippen molar-refractivity contribution in [3.05, 3.63) is 115 Å². The highest BCUT2D eigenvalue weighted by molar-refractivity contribution is 9.10. The molecule has 13 heteroatoms. The summed E-state index contributed by atoms with van der Waals surface area (Å²) in [6.07, 6.45) is 0.721. The third kappa shape index (κ3) is 5.71. The maximum absolute atomic E-state index is 14.3. The number of amides is 3. The van der Waals surface area contributed by atoms with E-state index in [1.54, 1.807) is 43.0 Å². The molecule has 4 aromatic carbocycles. The second-order valence-corrected chi connectivity index (χ2v) is 16.9. The first kappa shape index (κ1) is 34.1. The molecule has 9 rings (SSSR count). The zero-order valence-electron chi connectivity index (χ0n) is 28.2. The van der Waals surface area contributed by atoms with Gasteiger partial charge in [-0.1, -0.05) is 57.6 Å². The van der Waals surface area contributed by atoms with Crippen LogP contribution in [0.2, 0.25) is 0 Å². The lowest BCUT2D eigenvalue weighted by atomic mass is 9.68. The van der Waals surface area contributed by atoms with Gasteiger partial charge in [0.15, 0.2) is 6.61 Å². The average molecular weight is 811 g/mol. The van der Waals surface area contributed by atoms with Crippen molar-refractivity contribution < 1.29 is 28.7 Å². The molecule has 1 aromatic heterocycles. The number of thioether (sulfide) groups is 1. The Kier molecular flexibility index (Phi) is 8.55. The molecule has 1 saturated heterocycles.